The van der Waals surface area contributed by atoms with Crippen molar-refractivity contribution in [1.29, 1.82) is 0 Å². The van der Waals surface area contributed by atoms with Gasteiger partial charge in [-0.2, -0.15) is 0 Å². The van der Waals surface area contributed by atoms with Gasteiger partial charge in [0.2, 0.25) is 5.91 Å². The average molecular weight is 422 g/mol. The Labute approximate surface area is 166 Å². The fourth-order valence-corrected chi connectivity index (χ4v) is 4.65. The van der Waals surface area contributed by atoms with Crippen molar-refractivity contribution in [2.75, 3.05) is 18.9 Å². The molecule has 3 aromatic rings. The molecule has 0 radical (unpaired) electrons. The molecule has 1 aliphatic carbocycles. The third-order valence-corrected chi connectivity index (χ3v) is 6.25. The normalized spacial score (nSPS) is 21.6. The Hall–Kier alpha value is -2.37. The summed E-state index contributed by atoms with van der Waals surface area (Å²) in [5.41, 5.74) is 5.90. The van der Waals surface area contributed by atoms with Gasteiger partial charge in [-0.3, -0.25) is 9.69 Å². The topological polar surface area (TPSA) is 48.1 Å². The molecule has 2 heterocycles. The number of benzene rings is 2. The van der Waals surface area contributed by atoms with E-state index in [2.05, 4.69) is 68.7 Å². The number of nitrogens with one attached hydrogen (secondary N) is 2. The smallest absolute Gasteiger partial charge is 0.232 e. The molecule has 136 valence electrons. The molecule has 4 nitrogen and oxygen atoms in total. The molecule has 2 N–H and O–H groups in total. The number of likely N-dealkylation sites (N-methyl/N-ethyl adjacent to an activating group) is 1. The van der Waals surface area contributed by atoms with Crippen LogP contribution in [0.4, 0.5) is 5.69 Å². The molecule has 1 aromatic heterocycles. The van der Waals surface area contributed by atoms with Crippen molar-refractivity contribution in [2.24, 2.45) is 5.92 Å². The first kappa shape index (κ1) is 16.8. The molecule has 0 saturated heterocycles. The first-order valence-corrected chi connectivity index (χ1v) is 9.97. The Morgan fingerprint density at radius 2 is 2.04 bits per heavy atom. The zero-order chi connectivity index (χ0) is 18.5. The average Bonchev–Trinajstić information content (AvgIpc) is 3.09. The predicted molar refractivity (Wildman–Crippen MR) is 113 cm³/mol. The largest absolute Gasteiger partial charge is 0.361 e. The molecule has 2 atom stereocenters. The van der Waals surface area contributed by atoms with Gasteiger partial charge in [-0.05, 0) is 60.5 Å². The molecular weight excluding hydrogens is 402 g/mol. The first-order valence-electron chi connectivity index (χ1n) is 9.18. The van der Waals surface area contributed by atoms with E-state index in [1.807, 2.05) is 24.3 Å². The summed E-state index contributed by atoms with van der Waals surface area (Å²) >= 11 is 3.43. The molecular formula is C22H20BrN3O. The highest BCUT2D eigenvalue weighted by Crippen LogP contribution is 2.40. The second kappa shape index (κ2) is 6.36. The van der Waals surface area contributed by atoms with Crippen LogP contribution in [0.2, 0.25) is 0 Å². The molecule has 5 heteroatoms. The standard InChI is InChI=1S/C22H20BrN3O/c1-26-12-14(22(27)25-16-7-5-15(23)6-8-16)9-18-17-3-2-4-19-21(17)13(11-24-19)10-20(18)26/h2-9,11,14,20,24H,10,12H2,1H3,(H,25,27)/t14-,20-/m1/s1. The lowest BCUT2D eigenvalue weighted by molar-refractivity contribution is -0.119. The van der Waals surface area contributed by atoms with E-state index in [0.29, 0.717) is 6.04 Å². The predicted octanol–water partition coefficient (Wildman–Crippen LogP) is 4.44. The third kappa shape index (κ3) is 2.82. The number of anilines is 1. The van der Waals surface area contributed by atoms with Gasteiger partial charge in [-0.1, -0.05) is 34.1 Å². The Kier molecular flexibility index (Phi) is 3.95. The zero-order valence-corrected chi connectivity index (χ0v) is 16.6. The van der Waals surface area contributed by atoms with E-state index in [9.17, 15) is 4.79 Å². The van der Waals surface area contributed by atoms with Gasteiger partial charge >= 0.3 is 0 Å². The van der Waals surface area contributed by atoms with E-state index in [1.165, 1.54) is 27.6 Å². The Balaban J connectivity index is 1.50. The maximum Gasteiger partial charge on any atom is 0.232 e. The third-order valence-electron chi connectivity index (χ3n) is 5.72. The lowest BCUT2D eigenvalue weighted by Crippen LogP contribution is -2.45. The Bertz CT molecular complexity index is 1070. The van der Waals surface area contributed by atoms with Gasteiger partial charge in [0.05, 0.1) is 5.92 Å². The first-order chi connectivity index (χ1) is 13.1. The van der Waals surface area contributed by atoms with E-state index in [1.54, 1.807) is 0 Å². The minimum atomic E-state index is -0.166. The monoisotopic (exact) mass is 421 g/mol. The summed E-state index contributed by atoms with van der Waals surface area (Å²) in [6, 6.07) is 14.4. The zero-order valence-electron chi connectivity index (χ0n) is 15.0. The minimum Gasteiger partial charge on any atom is -0.361 e. The lowest BCUT2D eigenvalue weighted by atomic mass is 9.80. The van der Waals surface area contributed by atoms with Crippen molar-refractivity contribution in [1.82, 2.24) is 9.88 Å². The fraction of sp³-hybridized carbons (Fsp3) is 0.227. The molecule has 1 amide bonds. The van der Waals surface area contributed by atoms with Crippen LogP contribution in [-0.2, 0) is 11.2 Å². The second-order valence-corrected chi connectivity index (χ2v) is 8.34. The van der Waals surface area contributed by atoms with E-state index in [0.717, 1.165) is 23.1 Å². The summed E-state index contributed by atoms with van der Waals surface area (Å²) in [6.45, 7) is 0.728. The highest BCUT2D eigenvalue weighted by Gasteiger charge is 2.35. The number of carbonyl (C=O) groups excluding carboxylic acids is 1. The number of H-pyrrole nitrogens is 1. The van der Waals surface area contributed by atoms with Crippen LogP contribution >= 0.6 is 15.9 Å². The van der Waals surface area contributed by atoms with Gasteiger partial charge in [0, 0.05) is 39.8 Å². The molecule has 0 unspecified atom stereocenters. The summed E-state index contributed by atoms with van der Waals surface area (Å²) in [5.74, 6) is -0.122. The molecule has 2 aliphatic rings. The number of hydrogen-bond donors (Lipinski definition) is 2. The van der Waals surface area contributed by atoms with Crippen LogP contribution in [0.15, 0.2) is 59.2 Å². The molecule has 2 aromatic carbocycles. The van der Waals surface area contributed by atoms with Crippen LogP contribution in [0.5, 0.6) is 0 Å². The van der Waals surface area contributed by atoms with Crippen LogP contribution < -0.4 is 5.32 Å². The summed E-state index contributed by atoms with van der Waals surface area (Å²) in [5, 5.41) is 4.36. The van der Waals surface area contributed by atoms with Gasteiger partial charge in [0.1, 0.15) is 0 Å². The van der Waals surface area contributed by atoms with Crippen LogP contribution in [0.25, 0.3) is 16.5 Å². The lowest BCUT2D eigenvalue weighted by Gasteiger charge is -2.39. The number of hydrogen-bond acceptors (Lipinski definition) is 2. The van der Waals surface area contributed by atoms with Crippen LogP contribution in [0.3, 0.4) is 0 Å². The minimum absolute atomic E-state index is 0.0437. The van der Waals surface area contributed by atoms with Gasteiger partial charge in [-0.25, -0.2) is 0 Å². The Morgan fingerprint density at radius 3 is 2.85 bits per heavy atom. The van der Waals surface area contributed by atoms with Crippen molar-refractivity contribution in [3.63, 3.8) is 0 Å². The SMILES string of the molecule is CN1C[C@H](C(=O)Nc2ccc(Br)cc2)C=C2c3cccc4[nH]cc(c34)C[C@H]21. The molecule has 0 spiro atoms. The van der Waals surface area contributed by atoms with Crippen molar-refractivity contribution in [3.05, 3.63) is 70.3 Å². The van der Waals surface area contributed by atoms with E-state index < -0.39 is 0 Å². The summed E-state index contributed by atoms with van der Waals surface area (Å²) in [6.07, 6.45) is 5.30. The van der Waals surface area contributed by atoms with Crippen molar-refractivity contribution < 1.29 is 4.79 Å². The molecule has 27 heavy (non-hydrogen) atoms. The number of halogens is 1. The number of fused-ring (bicyclic) bond motifs is 2. The van der Waals surface area contributed by atoms with E-state index >= 15 is 0 Å². The number of amides is 1. The summed E-state index contributed by atoms with van der Waals surface area (Å²) in [4.78, 5) is 18.6. The number of aromatic nitrogens is 1. The summed E-state index contributed by atoms with van der Waals surface area (Å²) < 4.78 is 1.00. The number of nitrogens with zero attached hydrogens (tertiary/aromatic N) is 1. The van der Waals surface area contributed by atoms with E-state index in [4.69, 9.17) is 0 Å². The quantitative estimate of drug-likeness (QED) is 0.642. The van der Waals surface area contributed by atoms with Gasteiger partial charge in [0.15, 0.2) is 0 Å². The van der Waals surface area contributed by atoms with Crippen LogP contribution in [-0.4, -0.2) is 35.4 Å². The van der Waals surface area contributed by atoms with Gasteiger partial charge < -0.3 is 10.3 Å². The highest BCUT2D eigenvalue weighted by atomic mass is 79.9. The number of rotatable bonds is 2. The second-order valence-electron chi connectivity index (χ2n) is 7.43. The highest BCUT2D eigenvalue weighted by molar-refractivity contribution is 9.10. The number of aromatic amines is 1. The maximum absolute atomic E-state index is 12.9. The van der Waals surface area contributed by atoms with Crippen LogP contribution in [0, 0.1) is 5.92 Å². The molecule has 5 rings (SSSR count). The van der Waals surface area contributed by atoms with E-state index in [-0.39, 0.29) is 11.8 Å². The van der Waals surface area contributed by atoms with Crippen molar-refractivity contribution >= 4 is 44.0 Å². The van der Waals surface area contributed by atoms with Crippen LogP contribution in [0.1, 0.15) is 11.1 Å². The van der Waals surface area contributed by atoms with Gasteiger partial charge in [0.25, 0.3) is 0 Å². The van der Waals surface area contributed by atoms with Crippen molar-refractivity contribution in [2.45, 2.75) is 12.5 Å². The molecule has 1 aliphatic heterocycles. The maximum atomic E-state index is 12.9. The molecule has 0 fully saturated rings. The number of carbonyl (C=O) groups is 1. The van der Waals surface area contributed by atoms with Gasteiger partial charge in [-0.15, -0.1) is 0 Å². The molecule has 0 bridgehead atoms. The molecule has 0 saturated carbocycles. The van der Waals surface area contributed by atoms with Crippen molar-refractivity contribution in [3.8, 4) is 0 Å². The fourth-order valence-electron chi connectivity index (χ4n) is 4.38. The summed E-state index contributed by atoms with van der Waals surface area (Å²) in [7, 11) is 2.12. The Morgan fingerprint density at radius 1 is 1.22 bits per heavy atom.